The number of esters is 1. The van der Waals surface area contributed by atoms with Gasteiger partial charge in [0.1, 0.15) is 12.2 Å². The Morgan fingerprint density at radius 1 is 1.15 bits per heavy atom. The molecule has 0 fully saturated rings. The zero-order valence-electron chi connectivity index (χ0n) is 12.6. The molecule has 0 unspecified atom stereocenters. The van der Waals surface area contributed by atoms with Crippen LogP contribution in [0, 0.1) is 0 Å². The van der Waals surface area contributed by atoms with Crippen molar-refractivity contribution in [3.8, 4) is 0 Å². The SMILES string of the molecule is CC(=O)OCc1ccc(N(C)C(=O)OC(C)(C)C)cc1. The van der Waals surface area contributed by atoms with Crippen molar-refractivity contribution in [1.29, 1.82) is 0 Å². The Bertz CT molecular complexity index is 474. The molecule has 1 aromatic rings. The van der Waals surface area contributed by atoms with Crippen molar-refractivity contribution in [2.24, 2.45) is 0 Å². The fourth-order valence-electron chi connectivity index (χ4n) is 1.44. The molecule has 5 heteroatoms. The quantitative estimate of drug-likeness (QED) is 0.798. The zero-order chi connectivity index (χ0) is 15.3. The highest BCUT2D eigenvalue weighted by Crippen LogP contribution is 2.17. The lowest BCUT2D eigenvalue weighted by Crippen LogP contribution is -2.34. The van der Waals surface area contributed by atoms with Gasteiger partial charge in [-0.2, -0.15) is 0 Å². The van der Waals surface area contributed by atoms with Gasteiger partial charge in [-0.1, -0.05) is 12.1 Å². The molecule has 0 heterocycles. The summed E-state index contributed by atoms with van der Waals surface area (Å²) in [5.41, 5.74) is 1.05. The van der Waals surface area contributed by atoms with E-state index in [1.807, 2.05) is 20.8 Å². The normalized spacial score (nSPS) is 10.8. The number of ether oxygens (including phenoxy) is 2. The molecule has 0 saturated carbocycles. The van der Waals surface area contributed by atoms with E-state index in [2.05, 4.69) is 0 Å². The first-order valence-electron chi connectivity index (χ1n) is 6.38. The Kier molecular flexibility index (Phi) is 5.13. The lowest BCUT2D eigenvalue weighted by atomic mass is 10.2. The molecule has 20 heavy (non-hydrogen) atoms. The second-order valence-corrected chi connectivity index (χ2v) is 5.49. The molecule has 110 valence electrons. The summed E-state index contributed by atoms with van der Waals surface area (Å²) < 4.78 is 10.2. The van der Waals surface area contributed by atoms with Gasteiger partial charge in [0.25, 0.3) is 0 Å². The molecule has 0 aliphatic rings. The van der Waals surface area contributed by atoms with Crippen LogP contribution in [0.3, 0.4) is 0 Å². The van der Waals surface area contributed by atoms with E-state index < -0.39 is 11.7 Å². The van der Waals surface area contributed by atoms with Gasteiger partial charge >= 0.3 is 12.1 Å². The summed E-state index contributed by atoms with van der Waals surface area (Å²) in [4.78, 5) is 24.0. The van der Waals surface area contributed by atoms with Crippen LogP contribution in [0.5, 0.6) is 0 Å². The minimum absolute atomic E-state index is 0.228. The van der Waals surface area contributed by atoms with E-state index in [1.54, 1.807) is 31.3 Å². The van der Waals surface area contributed by atoms with Crippen LogP contribution >= 0.6 is 0 Å². The van der Waals surface area contributed by atoms with Gasteiger partial charge < -0.3 is 9.47 Å². The number of amides is 1. The van der Waals surface area contributed by atoms with Gasteiger partial charge in [-0.3, -0.25) is 9.69 Å². The molecular weight excluding hydrogens is 258 g/mol. The molecule has 0 radical (unpaired) electrons. The van der Waals surface area contributed by atoms with Gasteiger partial charge in [0.05, 0.1) is 0 Å². The van der Waals surface area contributed by atoms with Gasteiger partial charge in [-0.25, -0.2) is 4.79 Å². The van der Waals surface area contributed by atoms with E-state index in [4.69, 9.17) is 9.47 Å². The van der Waals surface area contributed by atoms with E-state index >= 15 is 0 Å². The summed E-state index contributed by atoms with van der Waals surface area (Å²) >= 11 is 0. The molecule has 1 rings (SSSR count). The maximum Gasteiger partial charge on any atom is 0.414 e. The van der Waals surface area contributed by atoms with Crippen molar-refractivity contribution in [2.45, 2.75) is 39.9 Å². The van der Waals surface area contributed by atoms with Gasteiger partial charge in [-0.05, 0) is 38.5 Å². The van der Waals surface area contributed by atoms with Crippen LogP contribution < -0.4 is 4.90 Å². The van der Waals surface area contributed by atoms with Crippen molar-refractivity contribution in [1.82, 2.24) is 0 Å². The van der Waals surface area contributed by atoms with Crippen molar-refractivity contribution >= 4 is 17.7 Å². The molecule has 5 nitrogen and oxygen atoms in total. The summed E-state index contributed by atoms with van der Waals surface area (Å²) in [5.74, 6) is -0.319. The van der Waals surface area contributed by atoms with Crippen LogP contribution in [-0.4, -0.2) is 24.7 Å². The van der Waals surface area contributed by atoms with Crippen LogP contribution in [0.2, 0.25) is 0 Å². The molecule has 0 aliphatic carbocycles. The van der Waals surface area contributed by atoms with Crippen LogP contribution in [0.1, 0.15) is 33.3 Å². The summed E-state index contributed by atoms with van der Waals surface area (Å²) in [6, 6.07) is 7.17. The minimum Gasteiger partial charge on any atom is -0.461 e. The van der Waals surface area contributed by atoms with Gasteiger partial charge in [0.15, 0.2) is 0 Å². The molecule has 0 N–H and O–H groups in total. The Hall–Kier alpha value is -2.04. The Balaban J connectivity index is 2.68. The third-order valence-electron chi connectivity index (χ3n) is 2.43. The number of nitrogens with zero attached hydrogens (tertiary/aromatic N) is 1. The van der Waals surface area contributed by atoms with E-state index in [9.17, 15) is 9.59 Å². The molecule has 0 spiro atoms. The van der Waals surface area contributed by atoms with Crippen LogP contribution in [0.25, 0.3) is 0 Å². The van der Waals surface area contributed by atoms with Gasteiger partial charge in [-0.15, -0.1) is 0 Å². The van der Waals surface area contributed by atoms with Crippen molar-refractivity contribution in [3.63, 3.8) is 0 Å². The smallest absolute Gasteiger partial charge is 0.414 e. The molecular formula is C15H21NO4. The van der Waals surface area contributed by atoms with Crippen LogP contribution in [0.15, 0.2) is 24.3 Å². The fraction of sp³-hybridized carbons (Fsp3) is 0.467. The maximum atomic E-state index is 11.9. The van der Waals surface area contributed by atoms with E-state index in [-0.39, 0.29) is 12.6 Å². The van der Waals surface area contributed by atoms with E-state index in [1.165, 1.54) is 11.8 Å². The highest BCUT2D eigenvalue weighted by molar-refractivity contribution is 5.87. The number of hydrogen-bond donors (Lipinski definition) is 0. The largest absolute Gasteiger partial charge is 0.461 e. The number of carbonyl (C=O) groups is 2. The summed E-state index contributed by atoms with van der Waals surface area (Å²) in [5, 5.41) is 0. The Morgan fingerprint density at radius 3 is 2.15 bits per heavy atom. The first-order valence-corrected chi connectivity index (χ1v) is 6.38. The second-order valence-electron chi connectivity index (χ2n) is 5.49. The summed E-state index contributed by atoms with van der Waals surface area (Å²) in [7, 11) is 1.65. The lowest BCUT2D eigenvalue weighted by molar-refractivity contribution is -0.142. The molecule has 0 aliphatic heterocycles. The summed E-state index contributed by atoms with van der Waals surface area (Å²) in [6.45, 7) is 7.05. The van der Waals surface area contributed by atoms with Gasteiger partial charge in [0.2, 0.25) is 0 Å². The van der Waals surface area contributed by atoms with Gasteiger partial charge in [0, 0.05) is 19.7 Å². The number of carbonyl (C=O) groups excluding carboxylic acids is 2. The molecule has 0 saturated heterocycles. The first-order chi connectivity index (χ1) is 9.19. The summed E-state index contributed by atoms with van der Waals surface area (Å²) in [6.07, 6.45) is -0.412. The average molecular weight is 279 g/mol. The molecule has 1 aromatic carbocycles. The first kappa shape index (κ1) is 16.0. The van der Waals surface area contributed by atoms with Crippen LogP contribution in [0.4, 0.5) is 10.5 Å². The number of anilines is 1. The number of hydrogen-bond acceptors (Lipinski definition) is 4. The van der Waals surface area contributed by atoms with E-state index in [0.29, 0.717) is 5.69 Å². The standard InChI is InChI=1S/C15H21NO4/c1-11(17)19-10-12-6-8-13(9-7-12)16(5)14(18)20-15(2,3)4/h6-9H,10H2,1-5H3. The highest BCUT2D eigenvalue weighted by Gasteiger charge is 2.20. The number of rotatable bonds is 3. The fourth-order valence-corrected chi connectivity index (χ4v) is 1.44. The lowest BCUT2D eigenvalue weighted by Gasteiger charge is -2.24. The molecule has 1 amide bonds. The molecule has 0 atom stereocenters. The average Bonchev–Trinajstić information content (AvgIpc) is 2.34. The molecule has 0 aromatic heterocycles. The Labute approximate surface area is 119 Å². The molecule has 0 bridgehead atoms. The second kappa shape index (κ2) is 6.41. The third kappa shape index (κ3) is 5.30. The topological polar surface area (TPSA) is 55.8 Å². The zero-order valence-corrected chi connectivity index (χ0v) is 12.6. The number of benzene rings is 1. The minimum atomic E-state index is -0.527. The van der Waals surface area contributed by atoms with Crippen molar-refractivity contribution in [2.75, 3.05) is 11.9 Å². The highest BCUT2D eigenvalue weighted by atomic mass is 16.6. The third-order valence-corrected chi connectivity index (χ3v) is 2.43. The van der Waals surface area contributed by atoms with Crippen LogP contribution in [-0.2, 0) is 20.9 Å². The van der Waals surface area contributed by atoms with Crippen molar-refractivity contribution < 1.29 is 19.1 Å². The van der Waals surface area contributed by atoms with Crippen molar-refractivity contribution in [3.05, 3.63) is 29.8 Å². The predicted molar refractivity (Wildman–Crippen MR) is 76.5 cm³/mol. The monoisotopic (exact) mass is 279 g/mol. The van der Waals surface area contributed by atoms with E-state index in [0.717, 1.165) is 5.56 Å². The predicted octanol–water partition coefficient (Wildman–Crippen LogP) is 3.12. The maximum absolute atomic E-state index is 11.9. The Morgan fingerprint density at radius 2 is 1.70 bits per heavy atom.